The Hall–Kier alpha value is -1.34. The Labute approximate surface area is 126 Å². The van der Waals surface area contributed by atoms with E-state index in [0.29, 0.717) is 12.4 Å². The number of ether oxygens (including phenoxy) is 1. The average molecular weight is 390 g/mol. The van der Waals surface area contributed by atoms with E-state index in [1.807, 2.05) is 6.92 Å². The van der Waals surface area contributed by atoms with Gasteiger partial charge in [-0.25, -0.2) is 4.79 Å². The number of hydrogen-bond acceptors (Lipinski definition) is 3. The van der Waals surface area contributed by atoms with Crippen LogP contribution in [-0.2, 0) is 4.79 Å². The zero-order valence-electron chi connectivity index (χ0n) is 9.92. The van der Waals surface area contributed by atoms with Crippen LogP contribution in [0.3, 0.4) is 0 Å². The molecular formula is C12H10Br2N2O3. The second-order valence-corrected chi connectivity index (χ2v) is 5.42. The van der Waals surface area contributed by atoms with Crippen LogP contribution in [0.2, 0.25) is 0 Å². The topological polar surface area (TPSA) is 67.4 Å². The van der Waals surface area contributed by atoms with Gasteiger partial charge in [0.25, 0.3) is 5.91 Å². The van der Waals surface area contributed by atoms with Gasteiger partial charge in [-0.2, -0.15) is 0 Å². The molecule has 0 atom stereocenters. The Morgan fingerprint density at radius 2 is 1.84 bits per heavy atom. The van der Waals surface area contributed by atoms with Crippen molar-refractivity contribution in [2.75, 3.05) is 6.61 Å². The van der Waals surface area contributed by atoms with Crippen LogP contribution in [0.1, 0.15) is 12.5 Å². The first-order valence-corrected chi connectivity index (χ1v) is 7.05. The molecule has 0 radical (unpaired) electrons. The summed E-state index contributed by atoms with van der Waals surface area (Å²) in [6.07, 6.45) is 1.59. The molecule has 1 aromatic carbocycles. The number of carbonyl (C=O) groups is 2. The fourth-order valence-electron chi connectivity index (χ4n) is 1.59. The third-order valence-corrected chi connectivity index (χ3v) is 3.52. The SMILES string of the molecule is CCOc1c(Br)cc(/C=C2/NC(=O)NC2=O)cc1Br. The molecule has 19 heavy (non-hydrogen) atoms. The highest BCUT2D eigenvalue weighted by molar-refractivity contribution is 9.11. The van der Waals surface area contributed by atoms with E-state index < -0.39 is 11.9 Å². The molecule has 1 aliphatic heterocycles. The van der Waals surface area contributed by atoms with E-state index in [1.165, 1.54) is 0 Å². The van der Waals surface area contributed by atoms with Gasteiger partial charge in [-0.05, 0) is 62.6 Å². The molecule has 1 fully saturated rings. The predicted octanol–water partition coefficient (Wildman–Crippen LogP) is 2.79. The van der Waals surface area contributed by atoms with Crippen molar-refractivity contribution in [1.29, 1.82) is 0 Å². The van der Waals surface area contributed by atoms with Gasteiger partial charge in [0.05, 0.1) is 15.6 Å². The summed E-state index contributed by atoms with van der Waals surface area (Å²) in [5.74, 6) is 0.260. The van der Waals surface area contributed by atoms with Crippen LogP contribution in [0.25, 0.3) is 6.08 Å². The van der Waals surface area contributed by atoms with Crippen molar-refractivity contribution in [3.8, 4) is 5.75 Å². The van der Waals surface area contributed by atoms with Crippen molar-refractivity contribution in [3.05, 3.63) is 32.3 Å². The van der Waals surface area contributed by atoms with Crippen molar-refractivity contribution in [1.82, 2.24) is 10.6 Å². The largest absolute Gasteiger partial charge is 0.492 e. The molecule has 0 spiro atoms. The van der Waals surface area contributed by atoms with Gasteiger partial charge in [-0.15, -0.1) is 0 Å². The number of hydrogen-bond donors (Lipinski definition) is 2. The summed E-state index contributed by atoms with van der Waals surface area (Å²) < 4.78 is 7.00. The molecule has 7 heteroatoms. The lowest BCUT2D eigenvalue weighted by molar-refractivity contribution is -0.115. The van der Waals surface area contributed by atoms with Crippen LogP contribution in [0.4, 0.5) is 4.79 Å². The summed E-state index contributed by atoms with van der Waals surface area (Å²) in [5, 5.41) is 4.57. The minimum Gasteiger partial charge on any atom is -0.492 e. The standard InChI is InChI=1S/C12H10Br2N2O3/c1-2-19-10-7(13)3-6(4-8(10)14)5-9-11(17)16-12(18)15-9/h3-5H,2H2,1H3,(H2,15,16,17,18)/b9-5+. The van der Waals surface area contributed by atoms with E-state index in [2.05, 4.69) is 42.5 Å². The molecule has 1 aromatic rings. The predicted molar refractivity (Wildman–Crippen MR) is 77.7 cm³/mol. The van der Waals surface area contributed by atoms with Crippen LogP contribution < -0.4 is 15.4 Å². The number of imide groups is 1. The number of halogens is 2. The molecule has 5 nitrogen and oxygen atoms in total. The average Bonchev–Trinajstić information content (AvgIpc) is 2.62. The monoisotopic (exact) mass is 388 g/mol. The minimum absolute atomic E-state index is 0.216. The van der Waals surface area contributed by atoms with E-state index in [-0.39, 0.29) is 5.70 Å². The van der Waals surface area contributed by atoms with Crippen molar-refractivity contribution in [2.24, 2.45) is 0 Å². The van der Waals surface area contributed by atoms with E-state index in [9.17, 15) is 9.59 Å². The molecule has 0 saturated carbocycles. The van der Waals surface area contributed by atoms with Gasteiger partial charge < -0.3 is 10.1 Å². The lowest BCUT2D eigenvalue weighted by Gasteiger charge is -2.09. The van der Waals surface area contributed by atoms with Gasteiger partial charge in [-0.1, -0.05) is 0 Å². The number of amides is 3. The fourth-order valence-corrected chi connectivity index (χ4v) is 3.04. The Morgan fingerprint density at radius 1 is 1.21 bits per heavy atom. The van der Waals surface area contributed by atoms with Gasteiger partial charge in [0, 0.05) is 0 Å². The van der Waals surface area contributed by atoms with Gasteiger partial charge >= 0.3 is 6.03 Å². The zero-order chi connectivity index (χ0) is 14.0. The Morgan fingerprint density at radius 3 is 2.32 bits per heavy atom. The highest BCUT2D eigenvalue weighted by atomic mass is 79.9. The lowest BCUT2D eigenvalue weighted by atomic mass is 10.2. The molecule has 1 heterocycles. The summed E-state index contributed by atoms with van der Waals surface area (Å²) in [4.78, 5) is 22.4. The van der Waals surface area contributed by atoms with Crippen molar-refractivity contribution < 1.29 is 14.3 Å². The molecule has 1 saturated heterocycles. The minimum atomic E-state index is -0.514. The summed E-state index contributed by atoms with van der Waals surface area (Å²) >= 11 is 6.81. The highest BCUT2D eigenvalue weighted by Crippen LogP contribution is 2.35. The first kappa shape index (κ1) is 14.1. The molecule has 2 rings (SSSR count). The molecule has 1 aliphatic rings. The third kappa shape index (κ3) is 3.16. The van der Waals surface area contributed by atoms with E-state index >= 15 is 0 Å². The molecule has 100 valence electrons. The second-order valence-electron chi connectivity index (χ2n) is 3.71. The van der Waals surface area contributed by atoms with Gasteiger partial charge in [0.2, 0.25) is 0 Å². The first-order valence-electron chi connectivity index (χ1n) is 5.47. The quantitative estimate of drug-likeness (QED) is 0.617. The van der Waals surface area contributed by atoms with Crippen LogP contribution in [-0.4, -0.2) is 18.5 Å². The number of nitrogens with one attached hydrogen (secondary N) is 2. The maximum Gasteiger partial charge on any atom is 0.326 e. The highest BCUT2D eigenvalue weighted by Gasteiger charge is 2.22. The summed E-state index contributed by atoms with van der Waals surface area (Å²) in [6.45, 7) is 2.45. The van der Waals surface area contributed by atoms with Gasteiger partial charge in [-0.3, -0.25) is 10.1 Å². The Bertz CT molecular complexity index is 561. The lowest BCUT2D eigenvalue weighted by Crippen LogP contribution is -2.22. The third-order valence-electron chi connectivity index (χ3n) is 2.34. The smallest absolute Gasteiger partial charge is 0.326 e. The van der Waals surface area contributed by atoms with E-state index in [4.69, 9.17) is 4.74 Å². The first-order chi connectivity index (χ1) is 9.01. The zero-order valence-corrected chi connectivity index (χ0v) is 13.1. The van der Waals surface area contributed by atoms with Crippen LogP contribution in [0.15, 0.2) is 26.8 Å². The second kappa shape index (κ2) is 5.75. The molecular weight excluding hydrogens is 380 g/mol. The van der Waals surface area contributed by atoms with Crippen LogP contribution in [0, 0.1) is 0 Å². The maximum atomic E-state index is 11.4. The normalized spacial score (nSPS) is 16.5. The van der Waals surface area contributed by atoms with Gasteiger partial charge in [0.1, 0.15) is 11.4 Å². The molecule has 0 unspecified atom stereocenters. The van der Waals surface area contributed by atoms with E-state index in [1.54, 1.807) is 18.2 Å². The fraction of sp³-hybridized carbons (Fsp3) is 0.167. The molecule has 2 N–H and O–H groups in total. The van der Waals surface area contributed by atoms with Crippen molar-refractivity contribution in [3.63, 3.8) is 0 Å². The molecule has 0 aliphatic carbocycles. The Balaban J connectivity index is 2.35. The number of carbonyl (C=O) groups excluding carboxylic acids is 2. The summed E-state index contributed by atoms with van der Waals surface area (Å²) in [5.41, 5.74) is 0.975. The molecule has 0 bridgehead atoms. The maximum absolute atomic E-state index is 11.4. The summed E-state index contributed by atoms with van der Waals surface area (Å²) in [6, 6.07) is 3.10. The van der Waals surface area contributed by atoms with Gasteiger partial charge in [0.15, 0.2) is 0 Å². The van der Waals surface area contributed by atoms with Crippen LogP contribution in [0.5, 0.6) is 5.75 Å². The summed E-state index contributed by atoms with van der Waals surface area (Å²) in [7, 11) is 0. The van der Waals surface area contributed by atoms with Crippen molar-refractivity contribution >= 4 is 49.9 Å². The van der Waals surface area contributed by atoms with Crippen molar-refractivity contribution in [2.45, 2.75) is 6.92 Å². The molecule has 0 aromatic heterocycles. The van der Waals surface area contributed by atoms with E-state index in [0.717, 1.165) is 14.5 Å². The number of rotatable bonds is 3. The number of urea groups is 1. The number of benzene rings is 1. The molecule has 3 amide bonds. The van der Waals surface area contributed by atoms with Crippen LogP contribution >= 0.6 is 31.9 Å². The Kier molecular flexibility index (Phi) is 4.26.